The summed E-state index contributed by atoms with van der Waals surface area (Å²) in [5, 5.41) is 0. The summed E-state index contributed by atoms with van der Waals surface area (Å²) in [4.78, 5) is 14.9. The number of nitrogens with zero attached hydrogens (tertiary/aromatic N) is 1. The smallest absolute Gasteiger partial charge is 0.302 e. The van der Waals surface area contributed by atoms with Crippen LogP contribution in [0.5, 0.6) is 0 Å². The van der Waals surface area contributed by atoms with Gasteiger partial charge in [0.2, 0.25) is 0 Å². The molecule has 11 atom stereocenters. The summed E-state index contributed by atoms with van der Waals surface area (Å²) in [7, 11) is 0. The molecule has 0 aromatic heterocycles. The first-order valence-corrected chi connectivity index (χ1v) is 18.8. The zero-order chi connectivity index (χ0) is 31.4. The highest BCUT2D eigenvalue weighted by molar-refractivity contribution is 5.66. The molecule has 0 amide bonds. The third-order valence-electron chi connectivity index (χ3n) is 14.2. The average molecular weight is 602 g/mol. The largest absolute Gasteiger partial charge is 0.463 e. The highest BCUT2D eigenvalue weighted by Crippen LogP contribution is 2.69. The van der Waals surface area contributed by atoms with Crippen molar-refractivity contribution in [3.8, 4) is 0 Å². The third-order valence-corrected chi connectivity index (χ3v) is 14.2. The lowest BCUT2D eigenvalue weighted by atomic mass is 9.43. The fraction of sp³-hybridized carbons (Fsp3) is 0.974. The molecule has 4 fully saturated rings. The molecule has 4 saturated carbocycles. The van der Waals surface area contributed by atoms with Crippen LogP contribution in [0.1, 0.15) is 138 Å². The van der Waals surface area contributed by atoms with Crippen LogP contribution in [0.2, 0.25) is 0 Å². The Morgan fingerprint density at radius 1 is 0.860 bits per heavy atom. The van der Waals surface area contributed by atoms with Crippen LogP contribution in [0, 0.1) is 58.2 Å². The van der Waals surface area contributed by atoms with E-state index in [1.165, 1.54) is 64.2 Å². The Hall–Kier alpha value is -0.650. The van der Waals surface area contributed by atoms with Crippen LogP contribution in [0.3, 0.4) is 0 Å². The topological polar surface area (TPSA) is 81.6 Å². The van der Waals surface area contributed by atoms with Crippen LogP contribution < -0.4 is 11.5 Å². The molecule has 0 saturated heterocycles. The first-order valence-electron chi connectivity index (χ1n) is 18.8. The fourth-order valence-electron chi connectivity index (χ4n) is 11.9. The summed E-state index contributed by atoms with van der Waals surface area (Å²) in [5.74, 6) is 6.35. The van der Waals surface area contributed by atoms with Gasteiger partial charge in [0.15, 0.2) is 0 Å². The Morgan fingerprint density at radius 3 is 2.19 bits per heavy atom. The number of esters is 1. The van der Waals surface area contributed by atoms with Crippen molar-refractivity contribution in [2.75, 3.05) is 26.2 Å². The maximum absolute atomic E-state index is 12.0. The van der Waals surface area contributed by atoms with Gasteiger partial charge in [-0.05, 0) is 161 Å². The van der Waals surface area contributed by atoms with E-state index in [0.717, 1.165) is 93.3 Å². The number of unbranched alkanes of at least 4 members (excludes halogenated alkanes) is 1. The maximum atomic E-state index is 12.0. The molecule has 4 rings (SSSR count). The van der Waals surface area contributed by atoms with Gasteiger partial charge in [-0.2, -0.15) is 0 Å². The molecule has 0 bridgehead atoms. The molecular formula is C38H71N3O2. The summed E-state index contributed by atoms with van der Waals surface area (Å²) in [6, 6.07) is 0.559. The van der Waals surface area contributed by atoms with E-state index in [9.17, 15) is 4.79 Å². The van der Waals surface area contributed by atoms with E-state index < -0.39 is 0 Å². The minimum Gasteiger partial charge on any atom is -0.463 e. The van der Waals surface area contributed by atoms with E-state index in [4.69, 9.17) is 16.2 Å². The van der Waals surface area contributed by atoms with Crippen LogP contribution in [0.15, 0.2) is 0 Å². The van der Waals surface area contributed by atoms with E-state index >= 15 is 0 Å². The van der Waals surface area contributed by atoms with Gasteiger partial charge in [-0.15, -0.1) is 0 Å². The molecule has 0 spiro atoms. The van der Waals surface area contributed by atoms with Crippen molar-refractivity contribution in [2.45, 2.75) is 151 Å². The van der Waals surface area contributed by atoms with Gasteiger partial charge < -0.3 is 21.1 Å². The molecule has 4 aliphatic carbocycles. The number of carbonyl (C=O) groups is 1. The van der Waals surface area contributed by atoms with Crippen molar-refractivity contribution >= 4 is 5.97 Å². The molecule has 0 aromatic carbocycles. The van der Waals surface area contributed by atoms with Crippen LogP contribution in [-0.4, -0.2) is 49.2 Å². The van der Waals surface area contributed by atoms with Gasteiger partial charge in [0, 0.05) is 13.0 Å². The minimum absolute atomic E-state index is 0.0818. The standard InChI is InChI=1S/C38H71N3O2/c1-8-29(26(2)3)13-12-27(4)32-14-15-33-31-25-36(41(23-11-21-40)22-10-9-20-39)35-24-30(43-28(5)42)16-18-38(35,7)34(31)17-19-37(32,33)6/h26-27,29-36H,8-25,39-40H2,1-7H3/t27-,29?,30+,31+,32-,33+,34+,35-,36-,37-,38-/m1/s1. The number of carbonyl (C=O) groups excluding carboxylic acids is 1. The average Bonchev–Trinajstić information content (AvgIpc) is 3.32. The van der Waals surface area contributed by atoms with Gasteiger partial charge >= 0.3 is 5.97 Å². The Kier molecular flexibility index (Phi) is 12.5. The quantitative estimate of drug-likeness (QED) is 0.147. The third kappa shape index (κ3) is 7.51. The number of hydrogen-bond donors (Lipinski definition) is 2. The molecule has 5 heteroatoms. The number of nitrogens with two attached hydrogens (primary N) is 2. The monoisotopic (exact) mass is 602 g/mol. The Bertz CT molecular complexity index is 879. The van der Waals surface area contributed by atoms with Gasteiger partial charge in [-0.3, -0.25) is 4.79 Å². The molecule has 5 nitrogen and oxygen atoms in total. The highest BCUT2D eigenvalue weighted by Gasteiger charge is 2.63. The predicted octanol–water partition coefficient (Wildman–Crippen LogP) is 8.04. The lowest BCUT2D eigenvalue weighted by Crippen LogP contribution is -2.62. The van der Waals surface area contributed by atoms with Gasteiger partial charge in [0.05, 0.1) is 0 Å². The molecule has 1 unspecified atom stereocenters. The minimum atomic E-state index is -0.111. The molecule has 250 valence electrons. The van der Waals surface area contributed by atoms with Crippen molar-refractivity contribution in [3.63, 3.8) is 0 Å². The van der Waals surface area contributed by atoms with Crippen LogP contribution in [0.25, 0.3) is 0 Å². The maximum Gasteiger partial charge on any atom is 0.302 e. The summed E-state index contributed by atoms with van der Waals surface area (Å²) in [6.45, 7) is 20.6. The Labute approximate surface area is 266 Å². The second-order valence-electron chi connectivity index (χ2n) is 16.7. The van der Waals surface area contributed by atoms with E-state index in [1.54, 1.807) is 6.92 Å². The second-order valence-corrected chi connectivity index (χ2v) is 16.7. The van der Waals surface area contributed by atoms with Gasteiger partial charge in [0.25, 0.3) is 0 Å². The van der Waals surface area contributed by atoms with Crippen LogP contribution in [0.4, 0.5) is 0 Å². The lowest BCUT2D eigenvalue weighted by molar-refractivity contribution is -0.173. The van der Waals surface area contributed by atoms with E-state index in [2.05, 4.69) is 46.4 Å². The van der Waals surface area contributed by atoms with Crippen molar-refractivity contribution in [1.29, 1.82) is 0 Å². The van der Waals surface area contributed by atoms with Crippen LogP contribution >= 0.6 is 0 Å². The van der Waals surface area contributed by atoms with Crippen molar-refractivity contribution in [2.24, 2.45) is 69.6 Å². The predicted molar refractivity (Wildman–Crippen MR) is 180 cm³/mol. The zero-order valence-electron chi connectivity index (χ0n) is 29.4. The molecule has 0 aromatic rings. The molecule has 43 heavy (non-hydrogen) atoms. The van der Waals surface area contributed by atoms with Crippen molar-refractivity contribution in [1.82, 2.24) is 4.90 Å². The van der Waals surface area contributed by atoms with E-state index in [-0.39, 0.29) is 12.1 Å². The molecule has 4 N–H and O–H groups in total. The molecule has 4 aliphatic rings. The van der Waals surface area contributed by atoms with E-state index in [0.29, 0.717) is 22.8 Å². The van der Waals surface area contributed by atoms with Crippen molar-refractivity contribution < 1.29 is 9.53 Å². The first-order chi connectivity index (χ1) is 20.5. The van der Waals surface area contributed by atoms with E-state index in [1.807, 2.05) is 0 Å². The summed E-state index contributed by atoms with van der Waals surface area (Å²) in [6.07, 6.45) is 17.8. The summed E-state index contributed by atoms with van der Waals surface area (Å²) in [5.41, 5.74) is 12.9. The van der Waals surface area contributed by atoms with Gasteiger partial charge in [0.1, 0.15) is 6.10 Å². The molecule has 0 aliphatic heterocycles. The SMILES string of the molecule is CCC(CC[C@@H](C)[C@H]1CC[C@H]2[C@@H]3C[C@@H](N(CCCN)CCCCN)[C@H]4C[C@@H](OC(C)=O)CC[C@]4(C)[C@H]3CC[C@]12C)C(C)C. The molecular weight excluding hydrogens is 530 g/mol. The number of hydrogen-bond acceptors (Lipinski definition) is 5. The first kappa shape index (κ1) is 35.2. The van der Waals surface area contributed by atoms with Crippen molar-refractivity contribution in [3.05, 3.63) is 0 Å². The Morgan fingerprint density at radius 2 is 1.53 bits per heavy atom. The van der Waals surface area contributed by atoms with Gasteiger partial charge in [-0.25, -0.2) is 0 Å². The number of rotatable bonds is 15. The second kappa shape index (κ2) is 15.3. The van der Waals surface area contributed by atoms with Gasteiger partial charge in [-0.1, -0.05) is 54.4 Å². The summed E-state index contributed by atoms with van der Waals surface area (Å²) >= 11 is 0. The summed E-state index contributed by atoms with van der Waals surface area (Å²) < 4.78 is 5.92. The van der Waals surface area contributed by atoms with Crippen LogP contribution in [-0.2, 0) is 9.53 Å². The molecule has 0 radical (unpaired) electrons. The Balaban J connectivity index is 1.60. The zero-order valence-corrected chi connectivity index (χ0v) is 29.4. The fourth-order valence-corrected chi connectivity index (χ4v) is 11.9. The normalized spacial score (nSPS) is 38.8. The number of fused-ring (bicyclic) bond motifs is 5. The molecule has 0 heterocycles. The highest BCUT2D eigenvalue weighted by atomic mass is 16.5. The lowest BCUT2D eigenvalue weighted by Gasteiger charge is -2.64. The number of ether oxygens (including phenoxy) is 1.